The first-order chi connectivity index (χ1) is 14.4. The van der Waals surface area contributed by atoms with Crippen molar-refractivity contribution in [3.63, 3.8) is 0 Å². The van der Waals surface area contributed by atoms with E-state index in [2.05, 4.69) is 43.0 Å². The average Bonchev–Trinajstić information content (AvgIpc) is 2.75. The zero-order chi connectivity index (χ0) is 21.6. The lowest BCUT2D eigenvalue weighted by atomic mass is 9.93. The van der Waals surface area contributed by atoms with E-state index in [1.54, 1.807) is 24.3 Å². The number of hydrogen-bond donors (Lipinski definition) is 0. The Balaban J connectivity index is 1.66. The second kappa shape index (κ2) is 9.97. The van der Waals surface area contributed by atoms with Crippen molar-refractivity contribution in [3.8, 4) is 5.75 Å². The Bertz CT molecular complexity index is 884. The van der Waals surface area contributed by atoms with Crippen LogP contribution in [0.1, 0.15) is 52.0 Å². The van der Waals surface area contributed by atoms with Crippen molar-refractivity contribution in [2.24, 2.45) is 5.92 Å². The number of likely N-dealkylation sites (tertiary alicyclic amines) is 1. The summed E-state index contributed by atoms with van der Waals surface area (Å²) in [4.78, 5) is 2.78. The smallest absolute Gasteiger partial charge is 0.184 e. The van der Waals surface area contributed by atoms with Crippen LogP contribution in [-0.2, 0) is 16.4 Å². The summed E-state index contributed by atoms with van der Waals surface area (Å²) in [6.07, 6.45) is 2.97. The van der Waals surface area contributed by atoms with Crippen molar-refractivity contribution >= 4 is 9.84 Å². The molecule has 1 saturated heterocycles. The van der Waals surface area contributed by atoms with Gasteiger partial charge >= 0.3 is 0 Å². The summed E-state index contributed by atoms with van der Waals surface area (Å²) in [5, 5.41) is 0. The van der Waals surface area contributed by atoms with E-state index in [4.69, 9.17) is 4.74 Å². The molecule has 0 unspecified atom stereocenters. The molecule has 0 bridgehead atoms. The molecule has 1 aliphatic heterocycles. The highest BCUT2D eigenvalue weighted by atomic mass is 32.2. The molecule has 2 aromatic rings. The van der Waals surface area contributed by atoms with Gasteiger partial charge in [-0.25, -0.2) is 8.42 Å². The van der Waals surface area contributed by atoms with Gasteiger partial charge in [-0.2, -0.15) is 0 Å². The minimum atomic E-state index is -3.40. The van der Waals surface area contributed by atoms with E-state index < -0.39 is 14.6 Å². The molecule has 0 amide bonds. The number of rotatable bonds is 9. The Morgan fingerprint density at radius 2 is 1.63 bits per heavy atom. The van der Waals surface area contributed by atoms with Gasteiger partial charge in [0.1, 0.15) is 5.75 Å². The van der Waals surface area contributed by atoms with Gasteiger partial charge in [-0.3, -0.25) is 4.90 Å². The van der Waals surface area contributed by atoms with E-state index >= 15 is 0 Å². The number of hydrogen-bond acceptors (Lipinski definition) is 4. The largest absolute Gasteiger partial charge is 0.494 e. The molecule has 5 heteroatoms. The summed E-state index contributed by atoms with van der Waals surface area (Å²) < 4.78 is 32.2. The predicted octanol–water partition coefficient (Wildman–Crippen LogP) is 5.33. The van der Waals surface area contributed by atoms with Gasteiger partial charge in [0.25, 0.3) is 0 Å². The van der Waals surface area contributed by atoms with Crippen molar-refractivity contribution in [1.82, 2.24) is 4.90 Å². The fourth-order valence-corrected chi connectivity index (χ4v) is 6.24. The molecule has 0 saturated carbocycles. The molecule has 0 aromatic heterocycles. The SMILES string of the molecule is CCC1(S(=O)(=O)c2ccc(OCCC(C)C)cc2)CCN(Cc2ccccc2)CC1. The van der Waals surface area contributed by atoms with E-state index in [1.807, 2.05) is 13.0 Å². The maximum absolute atomic E-state index is 13.6. The van der Waals surface area contributed by atoms with Crippen LogP contribution < -0.4 is 4.74 Å². The molecule has 1 heterocycles. The molecule has 4 nitrogen and oxygen atoms in total. The van der Waals surface area contributed by atoms with Crippen LogP contribution in [-0.4, -0.2) is 37.8 Å². The molecule has 1 aliphatic rings. The second-order valence-corrected chi connectivity index (χ2v) is 11.1. The average molecular weight is 430 g/mol. The Labute approximate surface area is 182 Å². The summed E-state index contributed by atoms with van der Waals surface area (Å²) >= 11 is 0. The normalized spacial score (nSPS) is 17.2. The zero-order valence-corrected chi connectivity index (χ0v) is 19.3. The van der Waals surface area contributed by atoms with E-state index in [-0.39, 0.29) is 0 Å². The standard InChI is InChI=1S/C25H35NO3S/c1-4-25(15-17-26(18-16-25)20-22-8-6-5-7-9-22)30(27,28)24-12-10-23(11-13-24)29-19-14-21(2)3/h5-13,21H,4,14-20H2,1-3H3. The molecule has 0 aliphatic carbocycles. The molecule has 164 valence electrons. The van der Waals surface area contributed by atoms with Crippen molar-refractivity contribution in [2.45, 2.75) is 62.6 Å². The second-order valence-electron chi connectivity index (χ2n) is 8.80. The van der Waals surface area contributed by atoms with E-state index in [0.29, 0.717) is 36.7 Å². The van der Waals surface area contributed by atoms with Gasteiger partial charge in [0.15, 0.2) is 9.84 Å². The number of piperidine rings is 1. The number of ether oxygens (including phenoxy) is 1. The predicted molar refractivity (Wildman–Crippen MR) is 123 cm³/mol. The van der Waals surface area contributed by atoms with Gasteiger partial charge in [0.2, 0.25) is 0 Å². The first-order valence-corrected chi connectivity index (χ1v) is 12.6. The van der Waals surface area contributed by atoms with Crippen LogP contribution >= 0.6 is 0 Å². The van der Waals surface area contributed by atoms with Crippen LogP contribution in [0.4, 0.5) is 0 Å². The topological polar surface area (TPSA) is 46.6 Å². The van der Waals surface area contributed by atoms with Crippen LogP contribution in [0.3, 0.4) is 0 Å². The van der Waals surface area contributed by atoms with E-state index in [0.717, 1.165) is 31.8 Å². The minimum Gasteiger partial charge on any atom is -0.494 e. The summed E-state index contributed by atoms with van der Waals surface area (Å²) in [7, 11) is -3.40. The van der Waals surface area contributed by atoms with Crippen LogP contribution in [0.2, 0.25) is 0 Å². The summed E-state index contributed by atoms with van der Waals surface area (Å²) in [5.41, 5.74) is 1.28. The van der Waals surface area contributed by atoms with E-state index in [9.17, 15) is 8.42 Å². The lowest BCUT2D eigenvalue weighted by molar-refractivity contribution is 0.185. The van der Waals surface area contributed by atoms with Gasteiger partial charge < -0.3 is 4.74 Å². The fourth-order valence-electron chi connectivity index (χ4n) is 4.15. The maximum atomic E-state index is 13.6. The monoisotopic (exact) mass is 429 g/mol. The Kier molecular flexibility index (Phi) is 7.59. The Hall–Kier alpha value is -1.85. The number of nitrogens with zero attached hydrogens (tertiary/aromatic N) is 1. The van der Waals surface area contributed by atoms with Crippen LogP contribution in [0.15, 0.2) is 59.5 Å². The summed E-state index contributed by atoms with van der Waals surface area (Å²) in [6, 6.07) is 17.4. The maximum Gasteiger partial charge on any atom is 0.184 e. The highest BCUT2D eigenvalue weighted by Gasteiger charge is 2.45. The van der Waals surface area contributed by atoms with Crippen molar-refractivity contribution in [1.29, 1.82) is 0 Å². The molecule has 0 atom stereocenters. The molecular weight excluding hydrogens is 394 g/mol. The highest BCUT2D eigenvalue weighted by Crippen LogP contribution is 2.38. The van der Waals surface area contributed by atoms with Gasteiger partial charge in [-0.05, 0) is 61.4 Å². The van der Waals surface area contributed by atoms with Gasteiger partial charge in [-0.1, -0.05) is 51.1 Å². The van der Waals surface area contributed by atoms with Crippen molar-refractivity contribution in [2.75, 3.05) is 19.7 Å². The summed E-state index contributed by atoms with van der Waals surface area (Å²) in [6.45, 7) is 9.47. The first-order valence-electron chi connectivity index (χ1n) is 11.1. The molecule has 30 heavy (non-hydrogen) atoms. The summed E-state index contributed by atoms with van der Waals surface area (Å²) in [5.74, 6) is 1.32. The molecular formula is C25H35NO3S. The highest BCUT2D eigenvalue weighted by molar-refractivity contribution is 7.92. The lowest BCUT2D eigenvalue weighted by Crippen LogP contribution is -2.48. The Morgan fingerprint density at radius 3 is 2.20 bits per heavy atom. The van der Waals surface area contributed by atoms with E-state index in [1.165, 1.54) is 5.56 Å². The van der Waals surface area contributed by atoms with Crippen LogP contribution in [0.25, 0.3) is 0 Å². The molecule has 0 spiro atoms. The third-order valence-electron chi connectivity index (χ3n) is 6.33. The Morgan fingerprint density at radius 1 is 1.00 bits per heavy atom. The quantitative estimate of drug-likeness (QED) is 0.540. The van der Waals surface area contributed by atoms with Crippen molar-refractivity contribution < 1.29 is 13.2 Å². The molecule has 2 aromatic carbocycles. The molecule has 3 rings (SSSR count). The molecule has 1 fully saturated rings. The van der Waals surface area contributed by atoms with Gasteiger partial charge in [0, 0.05) is 19.6 Å². The zero-order valence-electron chi connectivity index (χ0n) is 18.5. The molecule has 0 radical (unpaired) electrons. The number of benzene rings is 2. The third-order valence-corrected chi connectivity index (χ3v) is 9.06. The number of sulfone groups is 1. The minimum absolute atomic E-state index is 0.414. The fraction of sp³-hybridized carbons (Fsp3) is 0.520. The third kappa shape index (κ3) is 5.25. The van der Waals surface area contributed by atoms with Crippen LogP contribution in [0, 0.1) is 5.92 Å². The van der Waals surface area contributed by atoms with Crippen molar-refractivity contribution in [3.05, 3.63) is 60.2 Å². The van der Waals surface area contributed by atoms with Crippen LogP contribution in [0.5, 0.6) is 5.75 Å². The van der Waals surface area contributed by atoms with Gasteiger partial charge in [-0.15, -0.1) is 0 Å². The first kappa shape index (κ1) is 22.8. The van der Waals surface area contributed by atoms with Gasteiger partial charge in [0.05, 0.1) is 16.2 Å². The lowest BCUT2D eigenvalue weighted by Gasteiger charge is -2.40. The molecule has 0 N–H and O–H groups in total.